The summed E-state index contributed by atoms with van der Waals surface area (Å²) >= 11 is 0. The van der Waals surface area contributed by atoms with E-state index in [0.29, 0.717) is 17.6 Å². The molecule has 0 aromatic heterocycles. The molecule has 0 aromatic rings. The molecule has 142 valence electrons. The molecule has 2 fully saturated rings. The van der Waals surface area contributed by atoms with Crippen molar-refractivity contribution < 1.29 is 23.9 Å². The Bertz CT molecular complexity index is 725. The molecule has 2 atom stereocenters. The van der Waals surface area contributed by atoms with Gasteiger partial charge >= 0.3 is 5.97 Å². The number of Topliss-reactive ketones (excluding diaryl/α,β-unsaturated/α-hetero) is 1. The zero-order chi connectivity index (χ0) is 19.3. The quantitative estimate of drug-likeness (QED) is 0.567. The van der Waals surface area contributed by atoms with Crippen LogP contribution in [0.2, 0.25) is 0 Å². The van der Waals surface area contributed by atoms with Gasteiger partial charge in [0.1, 0.15) is 5.60 Å². The lowest BCUT2D eigenvalue weighted by atomic mass is 9.59. The summed E-state index contributed by atoms with van der Waals surface area (Å²) < 4.78 is 11.1. The minimum atomic E-state index is -0.686. The van der Waals surface area contributed by atoms with Crippen molar-refractivity contribution in [1.82, 2.24) is 0 Å². The molecule has 5 heteroatoms. The fourth-order valence-corrected chi connectivity index (χ4v) is 5.06. The van der Waals surface area contributed by atoms with Gasteiger partial charge in [-0.2, -0.15) is 0 Å². The van der Waals surface area contributed by atoms with E-state index in [-0.39, 0.29) is 47.0 Å². The maximum absolute atomic E-state index is 13.0. The summed E-state index contributed by atoms with van der Waals surface area (Å²) in [5.41, 5.74) is 0.0983. The predicted octanol–water partition coefficient (Wildman–Crippen LogP) is 3.52. The number of esters is 1. The van der Waals surface area contributed by atoms with E-state index in [0.717, 1.165) is 19.3 Å². The van der Waals surface area contributed by atoms with Gasteiger partial charge in [-0.05, 0) is 36.7 Å². The van der Waals surface area contributed by atoms with E-state index in [9.17, 15) is 14.4 Å². The molecule has 0 bridgehead atoms. The first kappa shape index (κ1) is 18.9. The van der Waals surface area contributed by atoms with Crippen molar-refractivity contribution in [3.8, 4) is 0 Å². The van der Waals surface area contributed by atoms with Gasteiger partial charge in [0.25, 0.3) is 0 Å². The minimum absolute atomic E-state index is 0.0320. The van der Waals surface area contributed by atoms with Crippen molar-refractivity contribution in [3.63, 3.8) is 0 Å². The topological polar surface area (TPSA) is 69.7 Å². The van der Waals surface area contributed by atoms with Gasteiger partial charge in [0.05, 0.1) is 13.5 Å². The van der Waals surface area contributed by atoms with E-state index in [2.05, 4.69) is 13.8 Å². The molecule has 1 heterocycles. The first-order chi connectivity index (χ1) is 12.1. The average Bonchev–Trinajstić information content (AvgIpc) is 2.87. The summed E-state index contributed by atoms with van der Waals surface area (Å²) in [7, 11) is 1.42. The lowest BCUT2D eigenvalue weighted by Gasteiger charge is -2.47. The fraction of sp³-hybridized carbons (Fsp3) is 0.667. The molecule has 2 aliphatic carbocycles. The molecule has 5 nitrogen and oxygen atoms in total. The molecule has 26 heavy (non-hydrogen) atoms. The molecular weight excluding hydrogens is 332 g/mol. The summed E-state index contributed by atoms with van der Waals surface area (Å²) in [4.78, 5) is 37.7. The summed E-state index contributed by atoms with van der Waals surface area (Å²) in [5.74, 6) is -0.543. The Morgan fingerprint density at radius 3 is 2.54 bits per heavy atom. The third kappa shape index (κ3) is 2.91. The van der Waals surface area contributed by atoms with Gasteiger partial charge in [-0.1, -0.05) is 27.7 Å². The highest BCUT2D eigenvalue weighted by Crippen LogP contribution is 2.55. The third-order valence-electron chi connectivity index (χ3n) is 6.27. The van der Waals surface area contributed by atoms with Crippen LogP contribution in [-0.4, -0.2) is 30.2 Å². The van der Waals surface area contributed by atoms with Gasteiger partial charge in [0.2, 0.25) is 5.78 Å². The van der Waals surface area contributed by atoms with Crippen LogP contribution in [0.3, 0.4) is 0 Å². The molecule has 1 aliphatic heterocycles. The zero-order valence-corrected chi connectivity index (χ0v) is 16.3. The molecule has 1 saturated heterocycles. The van der Waals surface area contributed by atoms with E-state index >= 15 is 0 Å². The molecule has 1 saturated carbocycles. The first-order valence-electron chi connectivity index (χ1n) is 9.41. The Morgan fingerprint density at radius 1 is 1.23 bits per heavy atom. The number of allylic oxidation sites excluding steroid dienone is 3. The second-order valence-corrected chi connectivity index (χ2v) is 8.78. The predicted molar refractivity (Wildman–Crippen MR) is 96.1 cm³/mol. The van der Waals surface area contributed by atoms with Gasteiger partial charge in [0, 0.05) is 23.5 Å². The number of ketones is 2. The van der Waals surface area contributed by atoms with Crippen molar-refractivity contribution in [2.24, 2.45) is 17.3 Å². The van der Waals surface area contributed by atoms with Crippen molar-refractivity contribution in [1.29, 1.82) is 0 Å². The van der Waals surface area contributed by atoms with Crippen LogP contribution >= 0.6 is 0 Å². The molecule has 0 spiro atoms. The molecule has 0 unspecified atom stereocenters. The van der Waals surface area contributed by atoms with Crippen LogP contribution in [0.25, 0.3) is 0 Å². The highest BCUT2D eigenvalue weighted by molar-refractivity contribution is 6.22. The zero-order valence-electron chi connectivity index (χ0n) is 16.3. The normalized spacial score (nSPS) is 31.1. The second kappa shape index (κ2) is 6.36. The van der Waals surface area contributed by atoms with E-state index in [1.807, 2.05) is 13.8 Å². The number of carbonyl (C=O) groups is 3. The van der Waals surface area contributed by atoms with Crippen LogP contribution in [-0.2, 0) is 23.9 Å². The Balaban J connectivity index is 1.96. The smallest absolute Gasteiger partial charge is 0.306 e. The van der Waals surface area contributed by atoms with Gasteiger partial charge in [-0.15, -0.1) is 0 Å². The second-order valence-electron chi connectivity index (χ2n) is 8.78. The molecule has 0 aromatic carbocycles. The van der Waals surface area contributed by atoms with Gasteiger partial charge in [-0.25, -0.2) is 0 Å². The molecule has 3 rings (SSSR count). The van der Waals surface area contributed by atoms with E-state index in [4.69, 9.17) is 9.47 Å². The Labute approximate surface area is 154 Å². The summed E-state index contributed by atoms with van der Waals surface area (Å²) in [6.45, 7) is 8.06. The maximum atomic E-state index is 13.0. The molecule has 3 aliphatic rings. The SMILES string of the molecule is COC1=C(C(C)C)C(=O)C=C(C[C@@]23CCCC(C)(C)[C@@H]2CC(=O)O3)C1=O. The van der Waals surface area contributed by atoms with Crippen LogP contribution < -0.4 is 0 Å². The van der Waals surface area contributed by atoms with Crippen molar-refractivity contribution in [2.45, 2.75) is 65.4 Å². The molecule has 0 N–H and O–H groups in total. The number of rotatable bonds is 4. The summed E-state index contributed by atoms with van der Waals surface area (Å²) in [5, 5.41) is 0. The van der Waals surface area contributed by atoms with Crippen molar-refractivity contribution in [2.75, 3.05) is 7.11 Å². The highest BCUT2D eigenvalue weighted by Gasteiger charge is 2.57. The molecular formula is C21H28O5. The lowest BCUT2D eigenvalue weighted by Crippen LogP contribution is -2.47. The Kier molecular flexibility index (Phi) is 4.62. The van der Waals surface area contributed by atoms with Crippen molar-refractivity contribution in [3.05, 3.63) is 23.0 Å². The van der Waals surface area contributed by atoms with Crippen LogP contribution in [0.15, 0.2) is 23.0 Å². The number of methoxy groups -OCH3 is 1. The average molecular weight is 360 g/mol. The maximum Gasteiger partial charge on any atom is 0.306 e. The van der Waals surface area contributed by atoms with Crippen LogP contribution in [0.1, 0.15) is 59.8 Å². The van der Waals surface area contributed by atoms with Gasteiger partial charge in [0.15, 0.2) is 11.5 Å². The standard InChI is InChI=1S/C21H28O5/c1-12(2)17-14(22)9-13(18(24)19(17)25-5)11-21-8-6-7-20(3,4)15(21)10-16(23)26-21/h9,12,15H,6-8,10-11H2,1-5H3/t15-,21-/m0/s1. The third-order valence-corrected chi connectivity index (χ3v) is 6.27. The summed E-state index contributed by atoms with van der Waals surface area (Å²) in [6, 6.07) is 0. The van der Waals surface area contributed by atoms with E-state index < -0.39 is 5.60 Å². The monoisotopic (exact) mass is 360 g/mol. The van der Waals surface area contributed by atoms with Crippen LogP contribution in [0.4, 0.5) is 0 Å². The number of fused-ring (bicyclic) bond motifs is 1. The molecule has 0 radical (unpaired) electrons. The largest absolute Gasteiger partial charge is 0.492 e. The summed E-state index contributed by atoms with van der Waals surface area (Å²) in [6.07, 6.45) is 4.80. The number of hydrogen-bond acceptors (Lipinski definition) is 5. The first-order valence-corrected chi connectivity index (χ1v) is 9.41. The van der Waals surface area contributed by atoms with E-state index in [1.165, 1.54) is 13.2 Å². The number of hydrogen-bond donors (Lipinski definition) is 0. The van der Waals surface area contributed by atoms with Gasteiger partial charge < -0.3 is 9.47 Å². The van der Waals surface area contributed by atoms with E-state index in [1.54, 1.807) is 0 Å². The minimum Gasteiger partial charge on any atom is -0.492 e. The lowest BCUT2D eigenvalue weighted by molar-refractivity contribution is -0.154. The Morgan fingerprint density at radius 2 is 1.92 bits per heavy atom. The van der Waals surface area contributed by atoms with Crippen LogP contribution in [0.5, 0.6) is 0 Å². The number of carbonyl (C=O) groups excluding carboxylic acids is 3. The van der Waals surface area contributed by atoms with Crippen molar-refractivity contribution >= 4 is 17.5 Å². The Hall–Kier alpha value is -1.91. The number of ether oxygens (including phenoxy) is 2. The fourth-order valence-electron chi connectivity index (χ4n) is 5.06. The molecule has 0 amide bonds. The van der Waals surface area contributed by atoms with Gasteiger partial charge in [-0.3, -0.25) is 14.4 Å². The van der Waals surface area contributed by atoms with Crippen LogP contribution in [0, 0.1) is 17.3 Å². The highest BCUT2D eigenvalue weighted by atomic mass is 16.6.